The summed E-state index contributed by atoms with van der Waals surface area (Å²) in [5, 5.41) is 6.18. The molecular formula is C19H24N4O2. The average molecular weight is 340 g/mol. The fraction of sp³-hybridized carbons (Fsp3) is 0.421. The Morgan fingerprint density at radius 3 is 2.88 bits per heavy atom. The molecule has 1 unspecified atom stereocenters. The molecule has 1 fully saturated rings. The van der Waals surface area contributed by atoms with Crippen molar-refractivity contribution in [3.8, 4) is 0 Å². The minimum atomic E-state index is -0.194. The molecule has 132 valence electrons. The van der Waals surface area contributed by atoms with Crippen molar-refractivity contribution < 1.29 is 9.53 Å². The molecule has 2 aromatic rings. The molecule has 0 bridgehead atoms. The van der Waals surface area contributed by atoms with Crippen molar-refractivity contribution in [1.82, 2.24) is 15.3 Å². The molecule has 1 amide bonds. The summed E-state index contributed by atoms with van der Waals surface area (Å²) in [5.41, 5.74) is 2.79. The van der Waals surface area contributed by atoms with Crippen molar-refractivity contribution >= 4 is 11.7 Å². The molecule has 0 radical (unpaired) electrons. The van der Waals surface area contributed by atoms with E-state index in [0.717, 1.165) is 19.4 Å². The number of aryl methyl sites for hydroxylation is 2. The first-order valence-electron chi connectivity index (χ1n) is 8.65. The average Bonchev–Trinajstić information content (AvgIpc) is 3.12. The van der Waals surface area contributed by atoms with Gasteiger partial charge in [-0.15, -0.1) is 0 Å². The van der Waals surface area contributed by atoms with Gasteiger partial charge >= 0.3 is 0 Å². The van der Waals surface area contributed by atoms with E-state index in [-0.39, 0.29) is 12.0 Å². The van der Waals surface area contributed by atoms with E-state index < -0.39 is 0 Å². The second-order valence-corrected chi connectivity index (χ2v) is 6.31. The van der Waals surface area contributed by atoms with Crippen LogP contribution in [0.2, 0.25) is 0 Å². The molecule has 1 atom stereocenters. The molecule has 25 heavy (non-hydrogen) atoms. The number of carbonyl (C=O) groups is 1. The third kappa shape index (κ3) is 4.76. The number of ether oxygens (including phenoxy) is 1. The number of nitrogens with one attached hydrogen (secondary N) is 2. The minimum absolute atomic E-state index is 0.116. The molecule has 6 nitrogen and oxygen atoms in total. The van der Waals surface area contributed by atoms with Gasteiger partial charge in [0.25, 0.3) is 5.91 Å². The molecule has 0 saturated carbocycles. The monoisotopic (exact) mass is 340 g/mol. The zero-order chi connectivity index (χ0) is 17.6. The van der Waals surface area contributed by atoms with E-state index in [1.807, 2.05) is 12.1 Å². The van der Waals surface area contributed by atoms with E-state index in [1.165, 1.54) is 11.1 Å². The number of aromatic nitrogens is 2. The van der Waals surface area contributed by atoms with Crippen LogP contribution in [-0.4, -0.2) is 35.1 Å². The van der Waals surface area contributed by atoms with Crippen LogP contribution in [0, 0.1) is 13.8 Å². The quantitative estimate of drug-likeness (QED) is 0.845. The largest absolute Gasteiger partial charge is 0.376 e. The van der Waals surface area contributed by atoms with Crippen molar-refractivity contribution in [2.75, 3.05) is 18.5 Å². The van der Waals surface area contributed by atoms with Crippen LogP contribution in [0.15, 0.2) is 30.3 Å². The van der Waals surface area contributed by atoms with Crippen LogP contribution < -0.4 is 10.6 Å². The lowest BCUT2D eigenvalue weighted by atomic mass is 10.1. The Morgan fingerprint density at radius 1 is 1.28 bits per heavy atom. The normalized spacial score (nSPS) is 16.6. The van der Waals surface area contributed by atoms with Gasteiger partial charge in [-0.25, -0.2) is 9.97 Å². The Labute approximate surface area is 148 Å². The Bertz CT molecular complexity index is 742. The molecule has 0 aliphatic carbocycles. The number of rotatable bonds is 6. The molecule has 1 saturated heterocycles. The third-order valence-corrected chi connectivity index (χ3v) is 4.31. The summed E-state index contributed by atoms with van der Waals surface area (Å²) < 4.78 is 5.53. The highest BCUT2D eigenvalue weighted by Gasteiger charge is 2.17. The second kappa shape index (κ2) is 8.07. The molecule has 0 spiro atoms. The number of carbonyl (C=O) groups excluding carboxylic acids is 1. The van der Waals surface area contributed by atoms with Gasteiger partial charge in [0.05, 0.1) is 6.10 Å². The number of amides is 1. The van der Waals surface area contributed by atoms with E-state index in [9.17, 15) is 4.79 Å². The summed E-state index contributed by atoms with van der Waals surface area (Å²) in [5.74, 6) is 1.02. The van der Waals surface area contributed by atoms with E-state index in [1.54, 1.807) is 13.0 Å². The molecule has 1 aliphatic rings. The summed E-state index contributed by atoms with van der Waals surface area (Å²) in [6.07, 6.45) is 2.16. The fourth-order valence-corrected chi connectivity index (χ4v) is 2.87. The molecule has 3 rings (SSSR count). The maximum absolute atomic E-state index is 12.3. The van der Waals surface area contributed by atoms with Crippen molar-refractivity contribution in [2.24, 2.45) is 0 Å². The van der Waals surface area contributed by atoms with Crippen LogP contribution in [0.3, 0.4) is 0 Å². The van der Waals surface area contributed by atoms with Crippen LogP contribution in [0.5, 0.6) is 0 Å². The summed E-state index contributed by atoms with van der Waals surface area (Å²) in [6, 6.07) is 9.87. The summed E-state index contributed by atoms with van der Waals surface area (Å²) in [6.45, 7) is 5.82. The number of hydrogen-bond donors (Lipinski definition) is 2. The molecule has 2 N–H and O–H groups in total. The predicted octanol–water partition coefficient (Wildman–Crippen LogP) is 2.61. The lowest BCUT2D eigenvalue weighted by molar-refractivity contribution is 0.0853. The highest BCUT2D eigenvalue weighted by atomic mass is 16.5. The van der Waals surface area contributed by atoms with E-state index in [0.29, 0.717) is 30.4 Å². The van der Waals surface area contributed by atoms with Crippen molar-refractivity contribution in [2.45, 2.75) is 39.3 Å². The zero-order valence-corrected chi connectivity index (χ0v) is 14.7. The maximum atomic E-state index is 12.3. The number of nitrogens with zero attached hydrogens (tertiary/aromatic N) is 2. The molecule has 1 aromatic carbocycles. The van der Waals surface area contributed by atoms with Gasteiger partial charge in [0.15, 0.2) is 0 Å². The zero-order valence-electron chi connectivity index (χ0n) is 14.7. The van der Waals surface area contributed by atoms with Gasteiger partial charge in [0.2, 0.25) is 0 Å². The van der Waals surface area contributed by atoms with Gasteiger partial charge in [-0.3, -0.25) is 4.79 Å². The van der Waals surface area contributed by atoms with Crippen LogP contribution >= 0.6 is 0 Å². The van der Waals surface area contributed by atoms with Crippen LogP contribution in [0.25, 0.3) is 0 Å². The van der Waals surface area contributed by atoms with Gasteiger partial charge in [0.1, 0.15) is 17.3 Å². The predicted molar refractivity (Wildman–Crippen MR) is 96.6 cm³/mol. The SMILES string of the molecule is Cc1nc(NCc2ccccc2C)cc(C(=O)NCC2CCCO2)n1. The van der Waals surface area contributed by atoms with Gasteiger partial charge in [-0.2, -0.15) is 0 Å². The third-order valence-electron chi connectivity index (χ3n) is 4.31. The van der Waals surface area contributed by atoms with E-state index in [2.05, 4.69) is 39.7 Å². The number of hydrogen-bond acceptors (Lipinski definition) is 5. The smallest absolute Gasteiger partial charge is 0.270 e. The molecular weight excluding hydrogens is 316 g/mol. The van der Waals surface area contributed by atoms with Crippen LogP contribution in [-0.2, 0) is 11.3 Å². The van der Waals surface area contributed by atoms with Crippen molar-refractivity contribution in [3.05, 3.63) is 53.0 Å². The van der Waals surface area contributed by atoms with E-state index >= 15 is 0 Å². The van der Waals surface area contributed by atoms with E-state index in [4.69, 9.17) is 4.74 Å². The fourth-order valence-electron chi connectivity index (χ4n) is 2.87. The standard InChI is InChI=1S/C19H24N4O2/c1-13-6-3-4-7-15(13)11-20-18-10-17(22-14(2)23-18)19(24)21-12-16-8-5-9-25-16/h3-4,6-7,10,16H,5,8-9,11-12H2,1-2H3,(H,21,24)(H,20,22,23). The molecule has 6 heteroatoms. The topological polar surface area (TPSA) is 76.1 Å². The highest BCUT2D eigenvalue weighted by molar-refractivity contribution is 5.92. The summed E-state index contributed by atoms with van der Waals surface area (Å²) >= 11 is 0. The number of benzene rings is 1. The first kappa shape index (κ1) is 17.4. The lowest BCUT2D eigenvalue weighted by Gasteiger charge is -2.12. The molecule has 1 aliphatic heterocycles. The Morgan fingerprint density at radius 2 is 2.12 bits per heavy atom. The minimum Gasteiger partial charge on any atom is -0.376 e. The van der Waals surface area contributed by atoms with Gasteiger partial charge < -0.3 is 15.4 Å². The van der Waals surface area contributed by atoms with Gasteiger partial charge in [-0.1, -0.05) is 24.3 Å². The summed E-state index contributed by atoms with van der Waals surface area (Å²) in [7, 11) is 0. The first-order valence-corrected chi connectivity index (χ1v) is 8.65. The number of anilines is 1. The highest BCUT2D eigenvalue weighted by Crippen LogP contribution is 2.13. The van der Waals surface area contributed by atoms with Gasteiger partial charge in [0, 0.05) is 25.8 Å². The van der Waals surface area contributed by atoms with Crippen molar-refractivity contribution in [3.63, 3.8) is 0 Å². The Hall–Kier alpha value is -2.47. The Kier molecular flexibility index (Phi) is 5.60. The second-order valence-electron chi connectivity index (χ2n) is 6.31. The molecule has 2 heterocycles. The lowest BCUT2D eigenvalue weighted by Crippen LogP contribution is -2.32. The maximum Gasteiger partial charge on any atom is 0.270 e. The van der Waals surface area contributed by atoms with Crippen molar-refractivity contribution in [1.29, 1.82) is 0 Å². The van der Waals surface area contributed by atoms with Crippen LogP contribution in [0.4, 0.5) is 5.82 Å². The Balaban J connectivity index is 1.63. The van der Waals surface area contributed by atoms with Gasteiger partial charge in [-0.05, 0) is 37.8 Å². The molecule has 1 aromatic heterocycles. The summed E-state index contributed by atoms with van der Waals surface area (Å²) in [4.78, 5) is 21.0. The first-order chi connectivity index (χ1) is 12.1. The van der Waals surface area contributed by atoms with Crippen LogP contribution in [0.1, 0.15) is 40.3 Å².